The van der Waals surface area contributed by atoms with Crippen molar-refractivity contribution in [3.8, 4) is 0 Å². The highest BCUT2D eigenvalue weighted by atomic mass is 79.9. The van der Waals surface area contributed by atoms with Crippen LogP contribution in [0.3, 0.4) is 0 Å². The summed E-state index contributed by atoms with van der Waals surface area (Å²) in [5.41, 5.74) is 5.47. The van der Waals surface area contributed by atoms with Gasteiger partial charge in [-0.1, -0.05) is 15.9 Å². The minimum absolute atomic E-state index is 0.0417. The molecule has 162 valence electrons. The topological polar surface area (TPSA) is 87.3 Å². The van der Waals surface area contributed by atoms with Crippen LogP contribution >= 0.6 is 15.9 Å². The maximum atomic E-state index is 12.5. The van der Waals surface area contributed by atoms with Gasteiger partial charge >= 0.3 is 0 Å². The largest absolute Gasteiger partial charge is 0.353 e. The van der Waals surface area contributed by atoms with E-state index in [0.29, 0.717) is 5.56 Å². The van der Waals surface area contributed by atoms with Crippen molar-refractivity contribution in [1.29, 1.82) is 0 Å². The summed E-state index contributed by atoms with van der Waals surface area (Å²) in [7, 11) is 0. The van der Waals surface area contributed by atoms with E-state index < -0.39 is 5.91 Å². The maximum Gasteiger partial charge on any atom is 0.269 e. The minimum atomic E-state index is -0.393. The van der Waals surface area contributed by atoms with Crippen LogP contribution in [0.2, 0.25) is 0 Å². The zero-order valence-corrected chi connectivity index (χ0v) is 19.0. The fraction of sp³-hybridized carbons (Fsp3) is 0.609. The van der Waals surface area contributed by atoms with Crippen molar-refractivity contribution in [1.82, 2.24) is 16.2 Å². The molecule has 1 aromatic carbocycles. The summed E-state index contributed by atoms with van der Waals surface area (Å²) < 4.78 is 0.872. The van der Waals surface area contributed by atoms with Gasteiger partial charge in [-0.3, -0.25) is 25.2 Å². The zero-order chi connectivity index (χ0) is 21.3. The van der Waals surface area contributed by atoms with Crippen LogP contribution in [0.5, 0.6) is 0 Å². The van der Waals surface area contributed by atoms with Crippen LogP contribution in [-0.4, -0.2) is 23.8 Å². The molecular formula is C23H30BrN3O3. The average molecular weight is 476 g/mol. The lowest BCUT2D eigenvalue weighted by molar-refractivity contribution is -0.129. The van der Waals surface area contributed by atoms with Crippen molar-refractivity contribution >= 4 is 33.7 Å². The highest BCUT2D eigenvalue weighted by molar-refractivity contribution is 9.10. The van der Waals surface area contributed by atoms with Crippen molar-refractivity contribution in [3.05, 3.63) is 34.3 Å². The van der Waals surface area contributed by atoms with Crippen LogP contribution in [0.25, 0.3) is 0 Å². The molecule has 0 heterocycles. The quantitative estimate of drug-likeness (QED) is 0.547. The second kappa shape index (κ2) is 8.69. The fourth-order valence-electron chi connectivity index (χ4n) is 6.26. The number of rotatable bonds is 6. The molecule has 7 heteroatoms. The molecule has 5 rings (SSSR count). The Morgan fingerprint density at radius 2 is 1.47 bits per heavy atom. The fourth-order valence-corrected chi connectivity index (χ4v) is 6.53. The van der Waals surface area contributed by atoms with Crippen LogP contribution in [0, 0.1) is 23.2 Å². The van der Waals surface area contributed by atoms with Crippen molar-refractivity contribution in [2.24, 2.45) is 23.2 Å². The first-order valence-electron chi connectivity index (χ1n) is 11.0. The third kappa shape index (κ3) is 4.71. The summed E-state index contributed by atoms with van der Waals surface area (Å²) in [5.74, 6) is 1.67. The van der Waals surface area contributed by atoms with Crippen LogP contribution in [0.4, 0.5) is 0 Å². The van der Waals surface area contributed by atoms with E-state index in [0.717, 1.165) is 22.2 Å². The molecule has 1 atom stereocenters. The molecule has 30 heavy (non-hydrogen) atoms. The summed E-state index contributed by atoms with van der Waals surface area (Å²) in [6, 6.07) is 6.98. The van der Waals surface area contributed by atoms with Gasteiger partial charge in [0.15, 0.2) is 0 Å². The van der Waals surface area contributed by atoms with E-state index in [1.165, 1.54) is 38.5 Å². The van der Waals surface area contributed by atoms with E-state index in [-0.39, 0.29) is 36.1 Å². The van der Waals surface area contributed by atoms with Gasteiger partial charge in [-0.15, -0.1) is 0 Å². The zero-order valence-electron chi connectivity index (χ0n) is 17.4. The van der Waals surface area contributed by atoms with E-state index in [4.69, 9.17) is 0 Å². The number of hydrazine groups is 1. The summed E-state index contributed by atoms with van der Waals surface area (Å²) in [6.07, 6.45) is 8.02. The first-order chi connectivity index (χ1) is 14.3. The third-order valence-electron chi connectivity index (χ3n) is 7.38. The highest BCUT2D eigenvalue weighted by Gasteiger charge is 2.53. The van der Waals surface area contributed by atoms with Crippen molar-refractivity contribution in [2.45, 2.75) is 64.3 Å². The van der Waals surface area contributed by atoms with Crippen LogP contribution in [0.15, 0.2) is 28.7 Å². The van der Waals surface area contributed by atoms with Gasteiger partial charge in [0.25, 0.3) is 5.91 Å². The molecule has 3 amide bonds. The Bertz CT molecular complexity index is 788. The Labute approximate surface area is 186 Å². The molecule has 4 fully saturated rings. The standard InChI is InChI=1S/C23H30BrN3O3/c1-14(23-11-15-8-16(12-23)10-17(9-15)13-23)25-20(28)6-7-21(29)26-27-22(30)18-2-4-19(24)5-3-18/h2-5,14-17H,6-13H2,1H3,(H,25,28)(H,26,29)(H,27,30). The minimum Gasteiger partial charge on any atom is -0.353 e. The van der Waals surface area contributed by atoms with Crippen molar-refractivity contribution < 1.29 is 14.4 Å². The molecule has 3 N–H and O–H groups in total. The smallest absolute Gasteiger partial charge is 0.269 e. The predicted octanol–water partition coefficient (Wildman–Crippen LogP) is 3.71. The molecular weight excluding hydrogens is 446 g/mol. The lowest BCUT2D eigenvalue weighted by Gasteiger charge is -2.59. The number of amides is 3. The molecule has 4 aliphatic rings. The number of carbonyl (C=O) groups is 3. The number of nitrogens with one attached hydrogen (secondary N) is 3. The number of halogens is 1. The lowest BCUT2D eigenvalue weighted by Crippen LogP contribution is -2.55. The molecule has 0 aliphatic heterocycles. The Morgan fingerprint density at radius 3 is 2.03 bits per heavy atom. The summed E-state index contributed by atoms with van der Waals surface area (Å²) in [6.45, 7) is 2.14. The second-order valence-corrected chi connectivity index (χ2v) is 10.5. The Morgan fingerprint density at radius 1 is 0.933 bits per heavy atom. The molecule has 0 radical (unpaired) electrons. The number of hydrogen-bond acceptors (Lipinski definition) is 3. The average Bonchev–Trinajstić information content (AvgIpc) is 2.70. The lowest BCUT2D eigenvalue weighted by atomic mass is 9.48. The summed E-state index contributed by atoms with van der Waals surface area (Å²) in [4.78, 5) is 36.5. The monoisotopic (exact) mass is 475 g/mol. The van der Waals surface area contributed by atoms with Gasteiger partial charge in [-0.2, -0.15) is 0 Å². The van der Waals surface area contributed by atoms with Gasteiger partial charge in [-0.25, -0.2) is 0 Å². The first kappa shape index (κ1) is 21.3. The predicted molar refractivity (Wildman–Crippen MR) is 117 cm³/mol. The Kier molecular flexibility index (Phi) is 6.19. The third-order valence-corrected chi connectivity index (χ3v) is 7.91. The molecule has 4 aliphatic carbocycles. The summed E-state index contributed by atoms with van der Waals surface area (Å²) >= 11 is 3.31. The summed E-state index contributed by atoms with van der Waals surface area (Å²) in [5, 5.41) is 3.18. The van der Waals surface area contributed by atoms with Crippen molar-refractivity contribution in [3.63, 3.8) is 0 Å². The van der Waals surface area contributed by atoms with Gasteiger partial charge in [0.1, 0.15) is 0 Å². The Balaban J connectivity index is 1.19. The van der Waals surface area contributed by atoms with Gasteiger partial charge in [0.05, 0.1) is 0 Å². The van der Waals surface area contributed by atoms with Crippen LogP contribution in [0.1, 0.15) is 68.6 Å². The van der Waals surface area contributed by atoms with E-state index in [1.807, 2.05) is 0 Å². The molecule has 4 bridgehead atoms. The van der Waals surface area contributed by atoms with Crippen LogP contribution in [-0.2, 0) is 9.59 Å². The maximum absolute atomic E-state index is 12.5. The van der Waals surface area contributed by atoms with Gasteiger partial charge in [0, 0.05) is 28.9 Å². The second-order valence-electron chi connectivity index (χ2n) is 9.58. The van der Waals surface area contributed by atoms with Gasteiger partial charge in [-0.05, 0) is 92.9 Å². The first-order valence-corrected chi connectivity index (χ1v) is 11.8. The highest BCUT2D eigenvalue weighted by Crippen LogP contribution is 2.61. The SMILES string of the molecule is CC(NC(=O)CCC(=O)NNC(=O)c1ccc(Br)cc1)C12CC3CC(CC(C3)C1)C2. The number of hydrogen-bond donors (Lipinski definition) is 3. The molecule has 4 saturated carbocycles. The van der Waals surface area contributed by atoms with Crippen molar-refractivity contribution in [2.75, 3.05) is 0 Å². The molecule has 0 spiro atoms. The van der Waals surface area contributed by atoms with E-state index in [1.54, 1.807) is 24.3 Å². The molecule has 0 saturated heterocycles. The van der Waals surface area contributed by atoms with E-state index in [2.05, 4.69) is 39.0 Å². The normalized spacial score (nSPS) is 29.9. The Hall–Kier alpha value is -1.89. The number of carbonyl (C=O) groups excluding carboxylic acids is 3. The molecule has 1 unspecified atom stereocenters. The molecule has 6 nitrogen and oxygen atoms in total. The van der Waals surface area contributed by atoms with Gasteiger partial charge in [0.2, 0.25) is 11.8 Å². The number of benzene rings is 1. The molecule has 1 aromatic rings. The van der Waals surface area contributed by atoms with E-state index in [9.17, 15) is 14.4 Å². The van der Waals surface area contributed by atoms with Crippen LogP contribution < -0.4 is 16.2 Å². The van der Waals surface area contributed by atoms with Gasteiger partial charge < -0.3 is 5.32 Å². The van der Waals surface area contributed by atoms with E-state index >= 15 is 0 Å². The molecule has 0 aromatic heterocycles.